The first-order valence-corrected chi connectivity index (χ1v) is 9.62. The average Bonchev–Trinajstić information content (AvgIpc) is 2.43. The highest BCUT2D eigenvalue weighted by Gasteiger charge is 2.54. The minimum Gasteiger partial charge on any atom is -0.403 e. The SMILES string of the molecule is CC(C(N)[C@H](C)B1OC(C)(C)C(C)(C)O1)P(C)(C)=O. The van der Waals surface area contributed by atoms with Crippen LogP contribution in [0.25, 0.3) is 0 Å². The Morgan fingerprint density at radius 2 is 1.42 bits per heavy atom. The fourth-order valence-corrected chi connectivity index (χ4v) is 3.24. The lowest BCUT2D eigenvalue weighted by atomic mass is 9.68. The third-order valence-electron chi connectivity index (χ3n) is 4.85. The summed E-state index contributed by atoms with van der Waals surface area (Å²) in [5.41, 5.74) is 5.53. The van der Waals surface area contributed by atoms with Crippen molar-refractivity contribution in [2.24, 2.45) is 5.73 Å². The maximum Gasteiger partial charge on any atom is 0.462 e. The van der Waals surface area contributed by atoms with E-state index < -0.39 is 7.14 Å². The van der Waals surface area contributed by atoms with Crippen molar-refractivity contribution in [3.05, 3.63) is 0 Å². The van der Waals surface area contributed by atoms with E-state index in [0.29, 0.717) is 0 Å². The number of nitrogens with two attached hydrogens (primary N) is 1. The zero-order valence-electron chi connectivity index (χ0n) is 13.6. The molecule has 2 unspecified atom stereocenters. The second-order valence-corrected chi connectivity index (χ2v) is 10.9. The molecule has 0 spiro atoms. The number of hydrogen-bond donors (Lipinski definition) is 1. The van der Waals surface area contributed by atoms with Crippen LogP contribution in [0.15, 0.2) is 0 Å². The molecule has 4 nitrogen and oxygen atoms in total. The van der Waals surface area contributed by atoms with Crippen molar-refractivity contribution in [1.82, 2.24) is 0 Å². The molecule has 1 rings (SSSR count). The molecule has 1 fully saturated rings. The molecule has 0 aliphatic carbocycles. The molecule has 0 amide bonds. The van der Waals surface area contributed by atoms with Gasteiger partial charge >= 0.3 is 7.12 Å². The minimum atomic E-state index is -2.21. The van der Waals surface area contributed by atoms with E-state index in [1.54, 1.807) is 13.3 Å². The Balaban J connectivity index is 2.81. The Hall–Kier alpha value is 0.175. The maximum absolute atomic E-state index is 12.2. The van der Waals surface area contributed by atoms with E-state index in [1.807, 2.05) is 41.5 Å². The van der Waals surface area contributed by atoms with Crippen molar-refractivity contribution in [3.63, 3.8) is 0 Å². The van der Waals surface area contributed by atoms with Gasteiger partial charge in [-0.2, -0.15) is 0 Å². The topological polar surface area (TPSA) is 61.6 Å². The number of hydrogen-bond acceptors (Lipinski definition) is 4. The Morgan fingerprint density at radius 3 is 1.74 bits per heavy atom. The lowest BCUT2D eigenvalue weighted by Crippen LogP contribution is -2.43. The molecule has 0 aromatic carbocycles. The van der Waals surface area contributed by atoms with E-state index >= 15 is 0 Å². The van der Waals surface area contributed by atoms with Crippen molar-refractivity contribution in [3.8, 4) is 0 Å². The van der Waals surface area contributed by atoms with Gasteiger partial charge in [0.05, 0.1) is 18.3 Å². The first-order valence-electron chi connectivity index (χ1n) is 6.95. The summed E-state index contributed by atoms with van der Waals surface area (Å²) >= 11 is 0. The van der Waals surface area contributed by atoms with Gasteiger partial charge in [-0.15, -0.1) is 0 Å². The van der Waals surface area contributed by atoms with Crippen LogP contribution in [0.1, 0.15) is 41.5 Å². The summed E-state index contributed by atoms with van der Waals surface area (Å²) in [4.78, 5) is 0. The first-order chi connectivity index (χ1) is 8.29. The lowest BCUT2D eigenvalue weighted by Gasteiger charge is -2.32. The molecule has 1 aliphatic rings. The normalized spacial score (nSPS) is 27.1. The van der Waals surface area contributed by atoms with E-state index in [1.165, 1.54) is 0 Å². The molecular weight excluding hydrogens is 260 g/mol. The predicted molar refractivity (Wildman–Crippen MR) is 82.4 cm³/mol. The van der Waals surface area contributed by atoms with Crippen LogP contribution in [0.3, 0.4) is 0 Å². The molecule has 0 aromatic heterocycles. The van der Waals surface area contributed by atoms with Gasteiger partial charge in [0.1, 0.15) is 0 Å². The van der Waals surface area contributed by atoms with Crippen LogP contribution in [-0.4, -0.2) is 43.4 Å². The van der Waals surface area contributed by atoms with E-state index in [9.17, 15) is 4.57 Å². The minimum absolute atomic E-state index is 0.00396. The van der Waals surface area contributed by atoms with Gasteiger partial charge in [0.2, 0.25) is 0 Å². The molecule has 0 radical (unpaired) electrons. The van der Waals surface area contributed by atoms with Crippen molar-refractivity contribution < 1.29 is 13.9 Å². The van der Waals surface area contributed by atoms with E-state index in [-0.39, 0.29) is 35.8 Å². The van der Waals surface area contributed by atoms with E-state index in [2.05, 4.69) is 0 Å². The van der Waals surface area contributed by atoms with Gasteiger partial charge in [-0.25, -0.2) is 0 Å². The summed E-state index contributed by atoms with van der Waals surface area (Å²) < 4.78 is 24.2. The highest BCUT2D eigenvalue weighted by molar-refractivity contribution is 7.63. The monoisotopic (exact) mass is 289 g/mol. The Labute approximate surface area is 118 Å². The zero-order chi connectivity index (χ0) is 15.2. The average molecular weight is 289 g/mol. The summed E-state index contributed by atoms with van der Waals surface area (Å²) in [5.74, 6) is 0.00396. The quantitative estimate of drug-likeness (QED) is 0.638. The highest BCUT2D eigenvalue weighted by atomic mass is 31.2. The largest absolute Gasteiger partial charge is 0.462 e. The summed E-state index contributed by atoms with van der Waals surface area (Å²) in [6.45, 7) is 15.6. The third-order valence-corrected chi connectivity index (χ3v) is 7.15. The molecule has 0 bridgehead atoms. The molecular formula is C13H29BNO3P. The molecule has 1 heterocycles. The maximum atomic E-state index is 12.2. The first kappa shape index (κ1) is 17.2. The van der Waals surface area contributed by atoms with Crippen LogP contribution in [-0.2, 0) is 13.9 Å². The highest BCUT2D eigenvalue weighted by Crippen LogP contribution is 2.47. The molecule has 6 heteroatoms. The van der Waals surface area contributed by atoms with Gasteiger partial charge in [0, 0.05) is 17.5 Å². The van der Waals surface area contributed by atoms with Crippen molar-refractivity contribution in [1.29, 1.82) is 0 Å². The van der Waals surface area contributed by atoms with Crippen LogP contribution >= 0.6 is 7.14 Å². The van der Waals surface area contributed by atoms with Crippen LogP contribution in [0.2, 0.25) is 5.82 Å². The Kier molecular flexibility index (Phi) is 4.70. The summed E-state index contributed by atoms with van der Waals surface area (Å²) in [6.07, 6.45) is 0. The van der Waals surface area contributed by atoms with E-state index in [0.717, 1.165) is 0 Å². The van der Waals surface area contributed by atoms with Crippen LogP contribution in [0, 0.1) is 0 Å². The fourth-order valence-electron chi connectivity index (χ4n) is 2.14. The molecule has 0 saturated carbocycles. The molecule has 1 saturated heterocycles. The summed E-state index contributed by atoms with van der Waals surface area (Å²) in [5, 5.41) is 0. The predicted octanol–water partition coefficient (Wildman–Crippen LogP) is 2.81. The molecule has 19 heavy (non-hydrogen) atoms. The van der Waals surface area contributed by atoms with Gasteiger partial charge in [-0.05, 0) is 41.0 Å². The molecule has 3 atom stereocenters. The second kappa shape index (κ2) is 5.18. The van der Waals surface area contributed by atoms with Crippen molar-refractivity contribution in [2.75, 3.05) is 13.3 Å². The van der Waals surface area contributed by atoms with Gasteiger partial charge < -0.3 is 19.6 Å². The van der Waals surface area contributed by atoms with Crippen LogP contribution < -0.4 is 5.73 Å². The fraction of sp³-hybridized carbons (Fsp3) is 1.00. The van der Waals surface area contributed by atoms with Gasteiger partial charge in [0.15, 0.2) is 0 Å². The lowest BCUT2D eigenvalue weighted by molar-refractivity contribution is 0.00578. The van der Waals surface area contributed by atoms with E-state index in [4.69, 9.17) is 15.0 Å². The zero-order valence-corrected chi connectivity index (χ0v) is 14.5. The summed E-state index contributed by atoms with van der Waals surface area (Å²) in [6, 6.07) is -0.199. The third kappa shape index (κ3) is 3.44. The molecule has 2 N–H and O–H groups in total. The van der Waals surface area contributed by atoms with Crippen LogP contribution in [0.5, 0.6) is 0 Å². The Morgan fingerprint density at radius 1 is 1.05 bits per heavy atom. The van der Waals surface area contributed by atoms with Crippen LogP contribution in [0.4, 0.5) is 0 Å². The van der Waals surface area contributed by atoms with Gasteiger partial charge in [0.25, 0.3) is 0 Å². The van der Waals surface area contributed by atoms with Crippen molar-refractivity contribution in [2.45, 2.75) is 70.3 Å². The molecule has 112 valence electrons. The van der Waals surface area contributed by atoms with Gasteiger partial charge in [-0.3, -0.25) is 0 Å². The molecule has 0 aromatic rings. The second-order valence-electron chi connectivity index (χ2n) is 7.24. The van der Waals surface area contributed by atoms with Gasteiger partial charge in [-0.1, -0.05) is 13.8 Å². The summed E-state index contributed by atoms with van der Waals surface area (Å²) in [7, 11) is -2.55. The Bertz CT molecular complexity index is 364. The standard InChI is InChI=1S/C13H29BNO3P/c1-9(11(15)10(2)19(7,8)16)14-17-12(3,4)13(5,6)18-14/h9-11H,15H2,1-8H3/t9-,10?,11?/m0/s1. The van der Waals surface area contributed by atoms with Crippen molar-refractivity contribution >= 4 is 14.3 Å². The molecule has 1 aliphatic heterocycles. The smallest absolute Gasteiger partial charge is 0.403 e. The number of rotatable bonds is 4.